The minimum absolute atomic E-state index is 0.0239. The van der Waals surface area contributed by atoms with Gasteiger partial charge in [0.25, 0.3) is 5.69 Å². The highest BCUT2D eigenvalue weighted by atomic mass is 32.2. The molecule has 0 radical (unpaired) electrons. The van der Waals surface area contributed by atoms with Gasteiger partial charge < -0.3 is 4.57 Å². The topological polar surface area (TPSA) is 89.5 Å². The number of hydrogen-bond acceptors (Lipinski definition) is 5. The van der Waals surface area contributed by atoms with Crippen molar-refractivity contribution >= 4 is 29.6 Å². The normalized spacial score (nSPS) is 10.8. The Hall–Kier alpha value is -3.39. The minimum atomic E-state index is -0.457. The quantitative estimate of drug-likeness (QED) is 0.293. The van der Waals surface area contributed by atoms with Gasteiger partial charge in [0, 0.05) is 40.7 Å². The number of hydrazone groups is 1. The number of nitrogens with one attached hydrogen (secondary N) is 1. The molecule has 1 aromatic heterocycles. The molecule has 0 atom stereocenters. The number of carbonyl (C=O) groups excluding carboxylic acids is 1. The highest BCUT2D eigenvalue weighted by Gasteiger charge is 2.06. The first-order valence-electron chi connectivity index (χ1n) is 8.04. The Morgan fingerprint density at radius 1 is 1.15 bits per heavy atom. The van der Waals surface area contributed by atoms with Gasteiger partial charge in [0.2, 0.25) is 5.91 Å². The van der Waals surface area contributed by atoms with Crippen LogP contribution in [0.15, 0.2) is 83.1 Å². The van der Waals surface area contributed by atoms with Crippen molar-refractivity contribution in [1.29, 1.82) is 0 Å². The second kappa shape index (κ2) is 8.81. The number of nitrogens with zero attached hydrogens (tertiary/aromatic N) is 3. The molecule has 0 aliphatic rings. The third-order valence-corrected chi connectivity index (χ3v) is 4.60. The van der Waals surface area contributed by atoms with Crippen molar-refractivity contribution in [3.8, 4) is 5.69 Å². The summed E-state index contributed by atoms with van der Waals surface area (Å²) in [6.07, 6.45) is 5.41. The van der Waals surface area contributed by atoms with Crippen LogP contribution in [0.1, 0.15) is 5.56 Å². The van der Waals surface area contributed by atoms with Gasteiger partial charge in [0.1, 0.15) is 0 Å². The molecule has 7 nitrogen and oxygen atoms in total. The van der Waals surface area contributed by atoms with E-state index in [9.17, 15) is 14.9 Å². The van der Waals surface area contributed by atoms with Crippen LogP contribution >= 0.6 is 11.8 Å². The van der Waals surface area contributed by atoms with Gasteiger partial charge in [-0.05, 0) is 30.3 Å². The lowest BCUT2D eigenvalue weighted by Crippen LogP contribution is -2.19. The number of benzene rings is 2. The second-order valence-corrected chi connectivity index (χ2v) is 6.57. The molecular weight excluding hydrogens is 364 g/mol. The van der Waals surface area contributed by atoms with E-state index in [1.54, 1.807) is 18.3 Å². The van der Waals surface area contributed by atoms with Gasteiger partial charge in [-0.25, -0.2) is 5.43 Å². The Morgan fingerprint density at radius 3 is 2.59 bits per heavy atom. The number of non-ortho nitro benzene ring substituents is 1. The minimum Gasteiger partial charge on any atom is -0.323 e. The number of rotatable bonds is 7. The molecule has 3 aromatic rings. The molecule has 27 heavy (non-hydrogen) atoms. The van der Waals surface area contributed by atoms with E-state index in [1.807, 2.05) is 53.4 Å². The summed E-state index contributed by atoms with van der Waals surface area (Å²) in [6.45, 7) is 0. The third-order valence-electron chi connectivity index (χ3n) is 3.59. The summed E-state index contributed by atoms with van der Waals surface area (Å²) >= 11 is 1.28. The van der Waals surface area contributed by atoms with Crippen molar-refractivity contribution in [2.75, 3.05) is 5.75 Å². The molecular formula is C19H16N4O3S. The van der Waals surface area contributed by atoms with Gasteiger partial charge in [-0.3, -0.25) is 14.9 Å². The van der Waals surface area contributed by atoms with E-state index in [1.165, 1.54) is 23.9 Å². The summed E-state index contributed by atoms with van der Waals surface area (Å²) in [7, 11) is 0. The second-order valence-electron chi connectivity index (χ2n) is 5.52. The van der Waals surface area contributed by atoms with Gasteiger partial charge in [0.05, 0.1) is 16.9 Å². The molecule has 2 aromatic carbocycles. The summed E-state index contributed by atoms with van der Waals surface area (Å²) < 4.78 is 1.97. The van der Waals surface area contributed by atoms with E-state index in [0.29, 0.717) is 0 Å². The van der Waals surface area contributed by atoms with Crippen LogP contribution in [0, 0.1) is 10.1 Å². The molecule has 0 aliphatic carbocycles. The molecule has 0 bridgehead atoms. The van der Waals surface area contributed by atoms with Crippen LogP contribution < -0.4 is 5.43 Å². The fourth-order valence-corrected chi connectivity index (χ4v) is 2.97. The number of hydrogen-bond donors (Lipinski definition) is 1. The molecule has 1 N–H and O–H groups in total. The molecule has 0 saturated carbocycles. The van der Waals surface area contributed by atoms with Gasteiger partial charge in [0.15, 0.2) is 0 Å². The molecule has 0 saturated heterocycles. The zero-order valence-electron chi connectivity index (χ0n) is 14.2. The molecule has 0 fully saturated rings. The Kier molecular flexibility index (Phi) is 6.01. The number of amides is 1. The van der Waals surface area contributed by atoms with Gasteiger partial charge in [-0.15, -0.1) is 11.8 Å². The number of thioether (sulfide) groups is 1. The van der Waals surface area contributed by atoms with Crippen LogP contribution in [-0.2, 0) is 4.79 Å². The number of nitro benzene ring substituents is 1. The average Bonchev–Trinajstić information content (AvgIpc) is 3.16. The lowest BCUT2D eigenvalue weighted by molar-refractivity contribution is -0.384. The van der Waals surface area contributed by atoms with Crippen molar-refractivity contribution in [3.63, 3.8) is 0 Å². The predicted octanol–water partition coefficient (Wildman–Crippen LogP) is 3.63. The van der Waals surface area contributed by atoms with E-state index in [0.717, 1.165) is 16.1 Å². The molecule has 136 valence electrons. The predicted molar refractivity (Wildman–Crippen MR) is 105 cm³/mol. The summed E-state index contributed by atoms with van der Waals surface area (Å²) in [5.74, 6) is -0.0858. The van der Waals surface area contributed by atoms with Crippen molar-refractivity contribution < 1.29 is 9.72 Å². The maximum atomic E-state index is 11.8. The van der Waals surface area contributed by atoms with Crippen LogP contribution in [0.4, 0.5) is 5.69 Å². The van der Waals surface area contributed by atoms with Crippen LogP contribution in [0.25, 0.3) is 5.69 Å². The number of nitro groups is 1. The first kappa shape index (κ1) is 18.4. The first-order valence-corrected chi connectivity index (χ1v) is 9.03. The molecule has 3 rings (SSSR count). The lowest BCUT2D eigenvalue weighted by atomic mass is 10.3. The summed E-state index contributed by atoms with van der Waals surface area (Å²) in [5, 5.41) is 14.6. The summed E-state index contributed by atoms with van der Waals surface area (Å²) in [4.78, 5) is 22.8. The standard InChI is InChI=1S/C19H16N4O3S/c24-19(14-27-18-8-6-17(7-9-18)23(25)26)21-20-12-15-10-11-22(13-15)16-4-2-1-3-5-16/h1-13H,14H2,(H,21,24)/b20-12-. The van der Waals surface area contributed by atoms with E-state index in [4.69, 9.17) is 0 Å². The highest BCUT2D eigenvalue weighted by molar-refractivity contribution is 8.00. The van der Waals surface area contributed by atoms with Crippen molar-refractivity contribution in [1.82, 2.24) is 9.99 Å². The zero-order chi connectivity index (χ0) is 19.1. The van der Waals surface area contributed by atoms with E-state index in [2.05, 4.69) is 10.5 Å². The number of carbonyl (C=O) groups is 1. The molecule has 0 aliphatic heterocycles. The average molecular weight is 380 g/mol. The SMILES string of the molecule is O=C(CSc1ccc([N+](=O)[O-])cc1)N/N=C\c1ccn(-c2ccccc2)c1. The maximum absolute atomic E-state index is 11.8. The number of para-hydroxylation sites is 1. The first-order chi connectivity index (χ1) is 13.1. The summed E-state index contributed by atoms with van der Waals surface area (Å²) in [5.41, 5.74) is 4.40. The molecule has 8 heteroatoms. The van der Waals surface area contributed by atoms with E-state index >= 15 is 0 Å². The van der Waals surface area contributed by atoms with Crippen LogP contribution in [0.5, 0.6) is 0 Å². The number of aromatic nitrogens is 1. The van der Waals surface area contributed by atoms with Crippen LogP contribution in [-0.4, -0.2) is 27.4 Å². The van der Waals surface area contributed by atoms with Gasteiger partial charge in [-0.1, -0.05) is 18.2 Å². The lowest BCUT2D eigenvalue weighted by Gasteiger charge is -2.01. The Bertz CT molecular complexity index is 953. The van der Waals surface area contributed by atoms with Crippen molar-refractivity contribution in [2.45, 2.75) is 4.90 Å². The Morgan fingerprint density at radius 2 is 1.89 bits per heavy atom. The molecule has 1 amide bonds. The van der Waals surface area contributed by atoms with Gasteiger partial charge in [-0.2, -0.15) is 5.10 Å². The van der Waals surface area contributed by atoms with Gasteiger partial charge >= 0.3 is 0 Å². The van der Waals surface area contributed by atoms with Crippen molar-refractivity contribution in [3.05, 3.63) is 88.7 Å². The Balaban J connectivity index is 1.47. The third kappa shape index (κ3) is 5.29. The molecule has 0 spiro atoms. The Labute approximate surface area is 159 Å². The smallest absolute Gasteiger partial charge is 0.269 e. The largest absolute Gasteiger partial charge is 0.323 e. The van der Waals surface area contributed by atoms with Crippen LogP contribution in [0.3, 0.4) is 0 Å². The zero-order valence-corrected chi connectivity index (χ0v) is 15.0. The molecule has 0 unspecified atom stereocenters. The highest BCUT2D eigenvalue weighted by Crippen LogP contribution is 2.21. The van der Waals surface area contributed by atoms with E-state index < -0.39 is 4.92 Å². The monoisotopic (exact) mass is 380 g/mol. The van der Waals surface area contributed by atoms with Crippen molar-refractivity contribution in [2.24, 2.45) is 5.10 Å². The molecule has 1 heterocycles. The summed E-state index contributed by atoms with van der Waals surface area (Å²) in [6, 6.07) is 17.8. The fourth-order valence-electron chi connectivity index (χ4n) is 2.27. The van der Waals surface area contributed by atoms with Crippen LogP contribution in [0.2, 0.25) is 0 Å². The maximum Gasteiger partial charge on any atom is 0.269 e. The van der Waals surface area contributed by atoms with E-state index in [-0.39, 0.29) is 17.3 Å². The fraction of sp³-hybridized carbons (Fsp3) is 0.0526.